The van der Waals surface area contributed by atoms with Gasteiger partial charge in [-0.15, -0.1) is 24.0 Å². The number of methoxy groups -OCH3 is 3. The zero-order valence-corrected chi connectivity index (χ0v) is 20.0. The fourth-order valence-corrected chi connectivity index (χ4v) is 2.82. The van der Waals surface area contributed by atoms with E-state index >= 15 is 0 Å². The molecule has 160 valence electrons. The van der Waals surface area contributed by atoms with Crippen molar-refractivity contribution in [2.75, 3.05) is 34.4 Å². The highest BCUT2D eigenvalue weighted by Crippen LogP contribution is 2.27. The van der Waals surface area contributed by atoms with Crippen LogP contribution >= 0.6 is 24.0 Å². The molecule has 0 aliphatic rings. The molecule has 29 heavy (non-hydrogen) atoms. The summed E-state index contributed by atoms with van der Waals surface area (Å²) >= 11 is 0. The van der Waals surface area contributed by atoms with Gasteiger partial charge in [-0.05, 0) is 55.2 Å². The summed E-state index contributed by atoms with van der Waals surface area (Å²) in [6, 6.07) is 14.0. The summed E-state index contributed by atoms with van der Waals surface area (Å²) < 4.78 is 15.9. The first-order chi connectivity index (χ1) is 13.7. The van der Waals surface area contributed by atoms with Crippen molar-refractivity contribution >= 4 is 29.9 Å². The van der Waals surface area contributed by atoms with E-state index in [1.807, 2.05) is 36.4 Å². The van der Waals surface area contributed by atoms with E-state index in [0.717, 1.165) is 54.7 Å². The summed E-state index contributed by atoms with van der Waals surface area (Å²) in [5, 5.41) is 6.68. The van der Waals surface area contributed by atoms with Gasteiger partial charge in [-0.3, -0.25) is 0 Å². The highest BCUT2D eigenvalue weighted by molar-refractivity contribution is 14.0. The zero-order valence-electron chi connectivity index (χ0n) is 17.7. The maximum atomic E-state index is 5.37. The SMILES string of the molecule is CCNC(=NCc1cccc(OC)c1)NCCCc1ccc(OC)c(OC)c1.I. The van der Waals surface area contributed by atoms with Crippen molar-refractivity contribution in [3.63, 3.8) is 0 Å². The number of rotatable bonds is 10. The Morgan fingerprint density at radius 1 is 0.897 bits per heavy atom. The predicted octanol–water partition coefficient (Wildman–Crippen LogP) is 4.02. The van der Waals surface area contributed by atoms with E-state index < -0.39 is 0 Å². The molecule has 2 N–H and O–H groups in total. The second kappa shape index (κ2) is 13.9. The number of nitrogens with one attached hydrogen (secondary N) is 2. The average Bonchev–Trinajstić information content (AvgIpc) is 2.74. The average molecular weight is 513 g/mol. The van der Waals surface area contributed by atoms with E-state index in [9.17, 15) is 0 Å². The van der Waals surface area contributed by atoms with Crippen LogP contribution in [-0.2, 0) is 13.0 Å². The lowest BCUT2D eigenvalue weighted by Gasteiger charge is -2.12. The van der Waals surface area contributed by atoms with Gasteiger partial charge in [-0.25, -0.2) is 4.99 Å². The van der Waals surface area contributed by atoms with Crippen molar-refractivity contribution in [3.05, 3.63) is 53.6 Å². The van der Waals surface area contributed by atoms with Gasteiger partial charge in [0.1, 0.15) is 5.75 Å². The van der Waals surface area contributed by atoms with Crippen molar-refractivity contribution < 1.29 is 14.2 Å². The predicted molar refractivity (Wildman–Crippen MR) is 129 cm³/mol. The summed E-state index contributed by atoms with van der Waals surface area (Å²) in [7, 11) is 4.98. The van der Waals surface area contributed by atoms with E-state index in [1.54, 1.807) is 21.3 Å². The van der Waals surface area contributed by atoms with Gasteiger partial charge in [0.25, 0.3) is 0 Å². The van der Waals surface area contributed by atoms with E-state index in [1.165, 1.54) is 5.56 Å². The highest BCUT2D eigenvalue weighted by atomic mass is 127. The maximum Gasteiger partial charge on any atom is 0.191 e. The molecule has 7 heteroatoms. The van der Waals surface area contributed by atoms with Gasteiger partial charge < -0.3 is 24.8 Å². The van der Waals surface area contributed by atoms with Gasteiger partial charge >= 0.3 is 0 Å². The number of halogens is 1. The van der Waals surface area contributed by atoms with Crippen LogP contribution in [0.1, 0.15) is 24.5 Å². The Labute approximate surface area is 191 Å². The minimum atomic E-state index is 0. The number of aryl methyl sites for hydroxylation is 1. The van der Waals surface area contributed by atoms with Gasteiger partial charge in [-0.2, -0.15) is 0 Å². The number of nitrogens with zero attached hydrogens (tertiary/aromatic N) is 1. The van der Waals surface area contributed by atoms with Crippen LogP contribution < -0.4 is 24.8 Å². The largest absolute Gasteiger partial charge is 0.497 e. The van der Waals surface area contributed by atoms with E-state index in [0.29, 0.717) is 6.54 Å². The van der Waals surface area contributed by atoms with Crippen molar-refractivity contribution in [2.24, 2.45) is 4.99 Å². The first kappa shape index (κ1) is 24.9. The Balaban J connectivity index is 0.00000420. The van der Waals surface area contributed by atoms with Crippen LogP contribution in [0.2, 0.25) is 0 Å². The molecule has 0 radical (unpaired) electrons. The van der Waals surface area contributed by atoms with Crippen LogP contribution in [0.25, 0.3) is 0 Å². The monoisotopic (exact) mass is 513 g/mol. The standard InChI is InChI=1S/C22H31N3O3.HI/c1-5-23-22(25-16-18-8-6-10-19(14-18)26-2)24-13-7-9-17-11-12-20(27-3)21(15-17)28-4;/h6,8,10-12,14-15H,5,7,9,13,16H2,1-4H3,(H2,23,24,25);1H. The molecule has 6 nitrogen and oxygen atoms in total. The van der Waals surface area contributed by atoms with Crippen LogP contribution in [0.15, 0.2) is 47.5 Å². The molecule has 0 saturated heterocycles. The summed E-state index contributed by atoms with van der Waals surface area (Å²) in [6.45, 7) is 4.31. The molecule has 0 unspecified atom stereocenters. The maximum absolute atomic E-state index is 5.37. The molecule has 0 aromatic heterocycles. The topological polar surface area (TPSA) is 64.1 Å². The highest BCUT2D eigenvalue weighted by Gasteiger charge is 2.05. The van der Waals surface area contributed by atoms with Crippen molar-refractivity contribution in [1.82, 2.24) is 10.6 Å². The molecule has 0 amide bonds. The number of hydrogen-bond acceptors (Lipinski definition) is 4. The molecular weight excluding hydrogens is 481 g/mol. The first-order valence-electron chi connectivity index (χ1n) is 9.56. The Morgan fingerprint density at radius 3 is 2.38 bits per heavy atom. The Bertz CT molecular complexity index is 769. The molecular formula is C22H32IN3O3. The lowest BCUT2D eigenvalue weighted by atomic mass is 10.1. The molecule has 0 aliphatic heterocycles. The quantitative estimate of drug-likeness (QED) is 0.218. The zero-order chi connectivity index (χ0) is 20.2. The van der Waals surface area contributed by atoms with Gasteiger partial charge in [0.15, 0.2) is 17.5 Å². The van der Waals surface area contributed by atoms with Crippen LogP contribution in [0.3, 0.4) is 0 Å². The van der Waals surface area contributed by atoms with Gasteiger partial charge in [-0.1, -0.05) is 18.2 Å². The molecule has 0 heterocycles. The van der Waals surface area contributed by atoms with Gasteiger partial charge in [0.05, 0.1) is 27.9 Å². The lowest BCUT2D eigenvalue weighted by Crippen LogP contribution is -2.37. The molecule has 0 bridgehead atoms. The fraction of sp³-hybridized carbons (Fsp3) is 0.409. The number of aliphatic imine (C=N–C) groups is 1. The Hall–Kier alpha value is -2.16. The van der Waals surface area contributed by atoms with Crippen LogP contribution in [-0.4, -0.2) is 40.4 Å². The van der Waals surface area contributed by atoms with Crippen molar-refractivity contribution in [1.29, 1.82) is 0 Å². The van der Waals surface area contributed by atoms with E-state index in [2.05, 4.69) is 28.6 Å². The number of ether oxygens (including phenoxy) is 3. The molecule has 2 aromatic carbocycles. The normalized spacial score (nSPS) is 10.7. The third kappa shape index (κ3) is 8.39. The molecule has 0 fully saturated rings. The molecule has 2 rings (SSSR count). The van der Waals surface area contributed by atoms with Crippen molar-refractivity contribution in [3.8, 4) is 17.2 Å². The number of hydrogen-bond donors (Lipinski definition) is 2. The summed E-state index contributed by atoms with van der Waals surface area (Å²) in [5.41, 5.74) is 2.33. The second-order valence-corrected chi connectivity index (χ2v) is 6.27. The Kier molecular flexibility index (Phi) is 11.9. The number of guanidine groups is 1. The van der Waals surface area contributed by atoms with E-state index in [4.69, 9.17) is 14.2 Å². The minimum absolute atomic E-state index is 0. The summed E-state index contributed by atoms with van der Waals surface area (Å²) in [5.74, 6) is 3.18. The molecule has 0 spiro atoms. The van der Waals surface area contributed by atoms with Gasteiger partial charge in [0, 0.05) is 13.1 Å². The fourth-order valence-electron chi connectivity index (χ4n) is 2.82. The van der Waals surface area contributed by atoms with Crippen molar-refractivity contribution in [2.45, 2.75) is 26.3 Å². The second-order valence-electron chi connectivity index (χ2n) is 6.27. The smallest absolute Gasteiger partial charge is 0.191 e. The summed E-state index contributed by atoms with van der Waals surface area (Å²) in [4.78, 5) is 4.66. The van der Waals surface area contributed by atoms with E-state index in [-0.39, 0.29) is 24.0 Å². The van der Waals surface area contributed by atoms with Gasteiger partial charge in [0.2, 0.25) is 0 Å². The molecule has 0 saturated carbocycles. The summed E-state index contributed by atoms with van der Waals surface area (Å²) in [6.07, 6.45) is 1.93. The molecule has 2 aromatic rings. The first-order valence-corrected chi connectivity index (χ1v) is 9.56. The third-order valence-electron chi connectivity index (χ3n) is 4.28. The third-order valence-corrected chi connectivity index (χ3v) is 4.28. The minimum Gasteiger partial charge on any atom is -0.497 e. The lowest BCUT2D eigenvalue weighted by molar-refractivity contribution is 0.354. The Morgan fingerprint density at radius 2 is 1.69 bits per heavy atom. The molecule has 0 aliphatic carbocycles. The van der Waals surface area contributed by atoms with Crippen LogP contribution in [0.4, 0.5) is 0 Å². The molecule has 0 atom stereocenters. The van der Waals surface area contributed by atoms with Crippen LogP contribution in [0, 0.1) is 0 Å². The van der Waals surface area contributed by atoms with Crippen LogP contribution in [0.5, 0.6) is 17.2 Å². The number of benzene rings is 2.